The van der Waals surface area contributed by atoms with Crippen molar-refractivity contribution in [2.75, 3.05) is 19.1 Å². The normalized spacial score (nSPS) is 12.9. The average Bonchev–Trinajstić information content (AvgIpc) is 2.99. The van der Waals surface area contributed by atoms with Crippen molar-refractivity contribution in [2.24, 2.45) is 0 Å². The first-order valence-electron chi connectivity index (χ1n) is 8.89. The lowest BCUT2D eigenvalue weighted by atomic mass is 9.99. The first-order chi connectivity index (χ1) is 13.6. The highest BCUT2D eigenvalue weighted by Gasteiger charge is 2.37. The van der Waals surface area contributed by atoms with E-state index in [1.54, 1.807) is 31.3 Å². The van der Waals surface area contributed by atoms with E-state index in [0.717, 1.165) is 28.2 Å². The molecule has 0 bridgehead atoms. The second-order valence-corrected chi connectivity index (χ2v) is 6.50. The molecule has 140 valence electrons. The van der Waals surface area contributed by atoms with Gasteiger partial charge in [-0.15, -0.1) is 0 Å². The molecule has 0 aromatic heterocycles. The van der Waals surface area contributed by atoms with Crippen LogP contribution in [0.5, 0.6) is 11.5 Å². The van der Waals surface area contributed by atoms with Crippen molar-refractivity contribution in [1.29, 1.82) is 0 Å². The molecule has 1 aliphatic rings. The van der Waals surface area contributed by atoms with Crippen LogP contribution >= 0.6 is 0 Å². The molecule has 0 spiro atoms. The maximum Gasteiger partial charge on any atom is 0.299 e. The van der Waals surface area contributed by atoms with E-state index in [-0.39, 0.29) is 0 Å². The van der Waals surface area contributed by atoms with Gasteiger partial charge >= 0.3 is 0 Å². The summed E-state index contributed by atoms with van der Waals surface area (Å²) in [7, 11) is 3.22. The molecule has 0 atom stereocenters. The minimum absolute atomic E-state index is 0.314. The highest BCUT2D eigenvalue weighted by molar-refractivity contribution is 6.52. The number of para-hydroxylation sites is 1. The zero-order chi connectivity index (χ0) is 19.7. The van der Waals surface area contributed by atoms with E-state index in [1.165, 1.54) is 0 Å². The summed E-state index contributed by atoms with van der Waals surface area (Å²) in [5.74, 6) is 0.510. The molecule has 0 saturated heterocycles. The number of ether oxygens (including phenoxy) is 2. The third kappa shape index (κ3) is 3.01. The Labute approximate surface area is 163 Å². The SMILES string of the molecule is COc1ccc(CN2C(=O)C(=O)c3cccc(-c4ccc(OC)cc4)c32)cc1. The number of carbonyl (C=O) groups excluding carboxylic acids is 2. The fourth-order valence-corrected chi connectivity index (χ4v) is 3.42. The molecule has 0 aliphatic carbocycles. The highest BCUT2D eigenvalue weighted by atomic mass is 16.5. The lowest BCUT2D eigenvalue weighted by molar-refractivity contribution is -0.114. The molecule has 28 heavy (non-hydrogen) atoms. The summed E-state index contributed by atoms with van der Waals surface area (Å²) in [6.45, 7) is 0.314. The van der Waals surface area contributed by atoms with Crippen LogP contribution in [-0.2, 0) is 11.3 Å². The van der Waals surface area contributed by atoms with Gasteiger partial charge in [0.1, 0.15) is 11.5 Å². The number of rotatable bonds is 5. The number of anilines is 1. The largest absolute Gasteiger partial charge is 0.497 e. The summed E-state index contributed by atoms with van der Waals surface area (Å²) in [6.07, 6.45) is 0. The van der Waals surface area contributed by atoms with E-state index in [1.807, 2.05) is 54.6 Å². The standard InChI is InChI=1S/C23H19NO4/c1-27-17-10-6-15(7-11-17)14-24-21-19(16-8-12-18(28-2)13-9-16)4-3-5-20(21)22(25)23(24)26/h3-13H,14H2,1-2H3. The molecule has 0 N–H and O–H groups in total. The molecule has 3 aromatic carbocycles. The molecule has 0 unspecified atom stereocenters. The van der Waals surface area contributed by atoms with Crippen LogP contribution in [0, 0.1) is 0 Å². The number of amides is 1. The van der Waals surface area contributed by atoms with Crippen LogP contribution in [0.2, 0.25) is 0 Å². The predicted octanol–water partition coefficient (Wildman–Crippen LogP) is 4.10. The quantitative estimate of drug-likeness (QED) is 0.632. The average molecular weight is 373 g/mol. The van der Waals surface area contributed by atoms with Gasteiger partial charge in [0.2, 0.25) is 0 Å². The van der Waals surface area contributed by atoms with Gasteiger partial charge in [0, 0.05) is 5.56 Å². The number of Topliss-reactive ketones (excluding diaryl/α,β-unsaturated/α-hetero) is 1. The molecule has 4 rings (SSSR count). The third-order valence-corrected chi connectivity index (χ3v) is 4.89. The van der Waals surface area contributed by atoms with Gasteiger partial charge < -0.3 is 9.47 Å². The lowest BCUT2D eigenvalue weighted by Crippen LogP contribution is -2.29. The molecule has 0 radical (unpaired) electrons. The molecular formula is C23H19NO4. The summed E-state index contributed by atoms with van der Waals surface area (Å²) in [6, 6.07) is 20.5. The van der Waals surface area contributed by atoms with Crippen molar-refractivity contribution < 1.29 is 19.1 Å². The zero-order valence-electron chi connectivity index (χ0n) is 15.6. The number of benzene rings is 3. The first-order valence-corrected chi connectivity index (χ1v) is 8.89. The molecular weight excluding hydrogens is 354 g/mol. The minimum Gasteiger partial charge on any atom is -0.497 e. The molecule has 5 heteroatoms. The van der Waals surface area contributed by atoms with Crippen LogP contribution in [0.15, 0.2) is 66.7 Å². The van der Waals surface area contributed by atoms with Crippen LogP contribution in [0.1, 0.15) is 15.9 Å². The van der Waals surface area contributed by atoms with E-state index in [0.29, 0.717) is 17.8 Å². The van der Waals surface area contributed by atoms with E-state index in [9.17, 15) is 9.59 Å². The second-order valence-electron chi connectivity index (χ2n) is 6.50. The van der Waals surface area contributed by atoms with E-state index in [4.69, 9.17) is 9.47 Å². The summed E-state index contributed by atoms with van der Waals surface area (Å²) in [5, 5.41) is 0. The van der Waals surface area contributed by atoms with Crippen molar-refractivity contribution in [3.63, 3.8) is 0 Å². The van der Waals surface area contributed by atoms with Crippen molar-refractivity contribution >= 4 is 17.4 Å². The number of fused-ring (bicyclic) bond motifs is 1. The Morgan fingerprint density at radius 1 is 0.750 bits per heavy atom. The summed E-state index contributed by atoms with van der Waals surface area (Å²) in [5.41, 5.74) is 3.76. The molecule has 0 saturated carbocycles. The topological polar surface area (TPSA) is 55.8 Å². The molecule has 1 aliphatic heterocycles. The van der Waals surface area contributed by atoms with Crippen molar-refractivity contribution in [3.05, 3.63) is 77.9 Å². The van der Waals surface area contributed by atoms with Gasteiger partial charge in [0.25, 0.3) is 11.7 Å². The maximum atomic E-state index is 12.7. The van der Waals surface area contributed by atoms with Crippen molar-refractivity contribution in [3.8, 4) is 22.6 Å². The smallest absolute Gasteiger partial charge is 0.299 e. The van der Waals surface area contributed by atoms with Gasteiger partial charge in [0.15, 0.2) is 0 Å². The Kier molecular flexibility index (Phi) is 4.57. The Morgan fingerprint density at radius 3 is 1.93 bits per heavy atom. The van der Waals surface area contributed by atoms with Gasteiger partial charge in [-0.25, -0.2) is 0 Å². The second kappa shape index (κ2) is 7.19. The van der Waals surface area contributed by atoms with Gasteiger partial charge in [-0.1, -0.05) is 36.4 Å². The molecule has 3 aromatic rings. The van der Waals surface area contributed by atoms with Crippen LogP contribution < -0.4 is 14.4 Å². The Morgan fingerprint density at radius 2 is 1.32 bits per heavy atom. The summed E-state index contributed by atoms with van der Waals surface area (Å²) < 4.78 is 10.4. The maximum absolute atomic E-state index is 12.7. The van der Waals surface area contributed by atoms with Gasteiger partial charge in [-0.3, -0.25) is 14.5 Å². The number of hydrogen-bond acceptors (Lipinski definition) is 4. The van der Waals surface area contributed by atoms with Crippen LogP contribution in [-0.4, -0.2) is 25.9 Å². The highest BCUT2D eigenvalue weighted by Crippen LogP contribution is 2.40. The minimum atomic E-state index is -0.508. The Balaban J connectivity index is 1.76. The fraction of sp³-hybridized carbons (Fsp3) is 0.130. The Hall–Kier alpha value is -3.60. The van der Waals surface area contributed by atoms with E-state index in [2.05, 4.69) is 0 Å². The monoisotopic (exact) mass is 373 g/mol. The van der Waals surface area contributed by atoms with Gasteiger partial charge in [-0.05, 0) is 41.5 Å². The molecule has 1 heterocycles. The zero-order valence-corrected chi connectivity index (χ0v) is 15.6. The predicted molar refractivity (Wildman–Crippen MR) is 107 cm³/mol. The molecule has 5 nitrogen and oxygen atoms in total. The number of methoxy groups -OCH3 is 2. The number of nitrogens with zero attached hydrogens (tertiary/aromatic N) is 1. The van der Waals surface area contributed by atoms with Gasteiger partial charge in [-0.2, -0.15) is 0 Å². The molecule has 0 fully saturated rings. The van der Waals surface area contributed by atoms with E-state index >= 15 is 0 Å². The number of carbonyl (C=O) groups is 2. The summed E-state index contributed by atoms with van der Waals surface area (Å²) >= 11 is 0. The van der Waals surface area contributed by atoms with Crippen LogP contribution in [0.4, 0.5) is 5.69 Å². The van der Waals surface area contributed by atoms with Crippen molar-refractivity contribution in [2.45, 2.75) is 6.54 Å². The van der Waals surface area contributed by atoms with E-state index < -0.39 is 11.7 Å². The Bertz CT molecular complexity index is 1040. The third-order valence-electron chi connectivity index (χ3n) is 4.89. The van der Waals surface area contributed by atoms with Gasteiger partial charge in [0.05, 0.1) is 32.0 Å². The fourth-order valence-electron chi connectivity index (χ4n) is 3.42. The first kappa shape index (κ1) is 17.8. The van der Waals surface area contributed by atoms with Crippen LogP contribution in [0.3, 0.4) is 0 Å². The molecule has 1 amide bonds. The summed E-state index contributed by atoms with van der Waals surface area (Å²) in [4.78, 5) is 26.8. The van der Waals surface area contributed by atoms with Crippen molar-refractivity contribution in [1.82, 2.24) is 0 Å². The number of hydrogen-bond donors (Lipinski definition) is 0. The lowest BCUT2D eigenvalue weighted by Gasteiger charge is -2.20. The number of ketones is 1. The van der Waals surface area contributed by atoms with Crippen LogP contribution in [0.25, 0.3) is 11.1 Å².